The highest BCUT2D eigenvalue weighted by Crippen LogP contribution is 2.22. The van der Waals surface area contributed by atoms with Gasteiger partial charge in [-0.3, -0.25) is 0 Å². The molecule has 0 radical (unpaired) electrons. The van der Waals surface area contributed by atoms with Crippen LogP contribution in [0.15, 0.2) is 23.1 Å². The van der Waals surface area contributed by atoms with Crippen molar-refractivity contribution in [2.75, 3.05) is 18.5 Å². The zero-order valence-electron chi connectivity index (χ0n) is 11.7. The minimum Gasteiger partial charge on any atom is -0.395 e. The molecule has 20 heavy (non-hydrogen) atoms. The largest absolute Gasteiger partial charge is 0.395 e. The molecule has 0 aliphatic rings. The van der Waals surface area contributed by atoms with Crippen molar-refractivity contribution in [3.8, 4) is 0 Å². The van der Waals surface area contributed by atoms with Crippen LogP contribution in [-0.4, -0.2) is 32.7 Å². The minimum atomic E-state index is -3.87. The highest BCUT2D eigenvalue weighted by Gasteiger charge is 2.21. The molecule has 0 saturated heterocycles. The van der Waals surface area contributed by atoms with Crippen LogP contribution >= 0.6 is 0 Å². The van der Waals surface area contributed by atoms with E-state index in [2.05, 4.69) is 10.0 Å². The number of hydrogen-bond donors (Lipinski definition) is 3. The van der Waals surface area contributed by atoms with Gasteiger partial charge < -0.3 is 10.4 Å². The van der Waals surface area contributed by atoms with Gasteiger partial charge in [0.05, 0.1) is 12.3 Å². The van der Waals surface area contributed by atoms with Crippen molar-refractivity contribution < 1.29 is 17.9 Å². The molecule has 0 heterocycles. The van der Waals surface area contributed by atoms with Gasteiger partial charge in [0.15, 0.2) is 0 Å². The summed E-state index contributed by atoms with van der Waals surface area (Å²) in [5.41, 5.74) is 0.359. The molecule has 0 fully saturated rings. The summed E-state index contributed by atoms with van der Waals surface area (Å²) in [6.07, 6.45) is 1.85. The monoisotopic (exact) mass is 304 g/mol. The Kier molecular flexibility index (Phi) is 6.38. The fourth-order valence-electron chi connectivity index (χ4n) is 1.63. The molecular formula is C13H21FN2O3S. The highest BCUT2D eigenvalue weighted by molar-refractivity contribution is 7.89. The predicted molar refractivity (Wildman–Crippen MR) is 76.7 cm³/mol. The molecule has 1 rings (SSSR count). The third-order valence-electron chi connectivity index (χ3n) is 2.71. The first-order valence-electron chi connectivity index (χ1n) is 6.57. The molecule has 7 heteroatoms. The predicted octanol–water partition coefficient (Wildman–Crippen LogP) is 1.70. The standard InChI is InChI=1S/C13H21FN2O3S/c1-3-4-7-15-12-6-5-11(14)8-13(12)20(18,19)16-10(2)9-17/h5-6,8,10,15-17H,3-4,7,9H2,1-2H3/t10-/m0/s1. The molecule has 0 unspecified atom stereocenters. The van der Waals surface area contributed by atoms with Gasteiger partial charge in [0.2, 0.25) is 10.0 Å². The maximum absolute atomic E-state index is 13.3. The third-order valence-corrected chi connectivity index (χ3v) is 4.34. The van der Waals surface area contributed by atoms with Crippen LogP contribution in [0.25, 0.3) is 0 Å². The summed E-state index contributed by atoms with van der Waals surface area (Å²) in [4.78, 5) is -0.145. The van der Waals surface area contributed by atoms with E-state index >= 15 is 0 Å². The topological polar surface area (TPSA) is 78.4 Å². The van der Waals surface area contributed by atoms with Crippen molar-refractivity contribution in [3.05, 3.63) is 24.0 Å². The van der Waals surface area contributed by atoms with Crippen LogP contribution in [-0.2, 0) is 10.0 Å². The Morgan fingerprint density at radius 3 is 2.70 bits per heavy atom. The molecule has 0 bridgehead atoms. The van der Waals surface area contributed by atoms with Crippen LogP contribution in [0.2, 0.25) is 0 Å². The second-order valence-electron chi connectivity index (χ2n) is 4.63. The molecule has 5 nitrogen and oxygen atoms in total. The Morgan fingerprint density at radius 2 is 2.10 bits per heavy atom. The van der Waals surface area contributed by atoms with Crippen molar-refractivity contribution in [1.29, 1.82) is 0 Å². The molecular weight excluding hydrogens is 283 g/mol. The lowest BCUT2D eigenvalue weighted by Crippen LogP contribution is -2.35. The summed E-state index contributed by atoms with van der Waals surface area (Å²) in [5.74, 6) is -0.622. The number of rotatable bonds is 8. The molecule has 0 aliphatic carbocycles. The minimum absolute atomic E-state index is 0.145. The molecule has 0 aromatic heterocycles. The number of unbranched alkanes of at least 4 members (excludes halogenated alkanes) is 1. The fraction of sp³-hybridized carbons (Fsp3) is 0.538. The van der Waals surface area contributed by atoms with Gasteiger partial charge in [-0.05, 0) is 31.5 Å². The Bertz CT molecular complexity index is 534. The molecule has 1 atom stereocenters. The van der Waals surface area contributed by atoms with E-state index in [-0.39, 0.29) is 11.5 Å². The Hall–Kier alpha value is -1.18. The van der Waals surface area contributed by atoms with Crippen molar-refractivity contribution in [2.24, 2.45) is 0 Å². The molecule has 3 N–H and O–H groups in total. The molecule has 0 aliphatic heterocycles. The second-order valence-corrected chi connectivity index (χ2v) is 6.31. The molecule has 0 spiro atoms. The number of sulfonamides is 1. The van der Waals surface area contributed by atoms with E-state index in [1.807, 2.05) is 6.92 Å². The zero-order chi connectivity index (χ0) is 15.2. The Labute approximate surface area is 119 Å². The van der Waals surface area contributed by atoms with E-state index in [1.165, 1.54) is 19.1 Å². The number of halogens is 1. The number of aliphatic hydroxyl groups is 1. The van der Waals surface area contributed by atoms with Crippen molar-refractivity contribution >= 4 is 15.7 Å². The van der Waals surface area contributed by atoms with Gasteiger partial charge in [-0.25, -0.2) is 17.5 Å². The van der Waals surface area contributed by atoms with Crippen LogP contribution in [0.5, 0.6) is 0 Å². The van der Waals surface area contributed by atoms with E-state index in [1.54, 1.807) is 0 Å². The average Bonchev–Trinajstić information content (AvgIpc) is 2.40. The van der Waals surface area contributed by atoms with E-state index in [0.29, 0.717) is 12.2 Å². The van der Waals surface area contributed by atoms with Crippen molar-refractivity contribution in [2.45, 2.75) is 37.6 Å². The van der Waals surface area contributed by atoms with Crippen LogP contribution in [0.4, 0.5) is 10.1 Å². The van der Waals surface area contributed by atoms with Crippen LogP contribution in [0, 0.1) is 5.82 Å². The van der Waals surface area contributed by atoms with Crippen molar-refractivity contribution in [3.63, 3.8) is 0 Å². The van der Waals surface area contributed by atoms with Gasteiger partial charge in [0.25, 0.3) is 0 Å². The number of anilines is 1. The SMILES string of the molecule is CCCCNc1ccc(F)cc1S(=O)(=O)N[C@@H](C)CO. The maximum atomic E-state index is 13.3. The van der Waals surface area contributed by atoms with Gasteiger partial charge in [0.1, 0.15) is 10.7 Å². The molecule has 114 valence electrons. The van der Waals surface area contributed by atoms with Gasteiger partial charge in [-0.15, -0.1) is 0 Å². The summed E-state index contributed by atoms with van der Waals surface area (Å²) in [5, 5.41) is 11.9. The Morgan fingerprint density at radius 1 is 1.40 bits per heavy atom. The quantitative estimate of drug-likeness (QED) is 0.639. The normalized spacial score (nSPS) is 13.2. The molecule has 0 saturated carbocycles. The van der Waals surface area contributed by atoms with E-state index in [9.17, 15) is 12.8 Å². The first kappa shape index (κ1) is 16.9. The van der Waals surface area contributed by atoms with E-state index < -0.39 is 21.9 Å². The first-order valence-corrected chi connectivity index (χ1v) is 8.05. The second kappa shape index (κ2) is 7.56. The lowest BCUT2D eigenvalue weighted by atomic mass is 10.3. The number of benzene rings is 1. The van der Waals surface area contributed by atoms with Crippen LogP contribution in [0.3, 0.4) is 0 Å². The first-order chi connectivity index (χ1) is 9.40. The van der Waals surface area contributed by atoms with Gasteiger partial charge in [-0.2, -0.15) is 0 Å². The van der Waals surface area contributed by atoms with Gasteiger partial charge in [0, 0.05) is 12.6 Å². The maximum Gasteiger partial charge on any atom is 0.243 e. The molecule has 0 amide bonds. The molecule has 1 aromatic rings. The van der Waals surface area contributed by atoms with Crippen LogP contribution in [0.1, 0.15) is 26.7 Å². The summed E-state index contributed by atoms with van der Waals surface area (Å²) in [7, 11) is -3.87. The average molecular weight is 304 g/mol. The summed E-state index contributed by atoms with van der Waals surface area (Å²) >= 11 is 0. The smallest absolute Gasteiger partial charge is 0.243 e. The third kappa shape index (κ3) is 4.73. The van der Waals surface area contributed by atoms with Gasteiger partial charge >= 0.3 is 0 Å². The Balaban J connectivity index is 3.04. The lowest BCUT2D eigenvalue weighted by molar-refractivity contribution is 0.265. The summed E-state index contributed by atoms with van der Waals surface area (Å²) < 4.78 is 40.0. The highest BCUT2D eigenvalue weighted by atomic mass is 32.2. The van der Waals surface area contributed by atoms with Crippen molar-refractivity contribution in [1.82, 2.24) is 4.72 Å². The summed E-state index contributed by atoms with van der Waals surface area (Å²) in [6.45, 7) is 3.84. The lowest BCUT2D eigenvalue weighted by Gasteiger charge is -2.15. The molecule has 1 aromatic carbocycles. The fourth-order valence-corrected chi connectivity index (χ4v) is 3.06. The number of hydrogen-bond acceptors (Lipinski definition) is 4. The number of aliphatic hydroxyl groups excluding tert-OH is 1. The summed E-state index contributed by atoms with van der Waals surface area (Å²) in [6, 6.07) is 2.96. The van der Waals surface area contributed by atoms with Crippen LogP contribution < -0.4 is 10.0 Å². The van der Waals surface area contributed by atoms with E-state index in [4.69, 9.17) is 5.11 Å². The zero-order valence-corrected chi connectivity index (χ0v) is 12.5. The van der Waals surface area contributed by atoms with E-state index in [0.717, 1.165) is 18.9 Å². The number of nitrogens with one attached hydrogen (secondary N) is 2. The van der Waals surface area contributed by atoms with Gasteiger partial charge in [-0.1, -0.05) is 13.3 Å².